The number of benzene rings is 1. The van der Waals surface area contributed by atoms with E-state index >= 15 is 0 Å². The molecule has 1 aromatic carbocycles. The van der Waals surface area contributed by atoms with Gasteiger partial charge in [0.1, 0.15) is 0 Å². The van der Waals surface area contributed by atoms with Gasteiger partial charge in [-0.15, -0.1) is 0 Å². The molecule has 1 heterocycles. The second kappa shape index (κ2) is 7.47. The summed E-state index contributed by atoms with van der Waals surface area (Å²) in [6.45, 7) is 2.94. The highest BCUT2D eigenvalue weighted by atomic mass is 35.5. The van der Waals surface area contributed by atoms with Crippen LogP contribution in [0.25, 0.3) is 0 Å². The molecule has 0 saturated heterocycles. The minimum Gasteiger partial charge on any atom is -0.394 e. The Kier molecular flexibility index (Phi) is 5.36. The number of nitrogens with zero attached hydrogens (tertiary/aromatic N) is 2. The van der Waals surface area contributed by atoms with Crippen LogP contribution >= 0.6 is 11.6 Å². The van der Waals surface area contributed by atoms with Crippen LogP contribution in [0.2, 0.25) is 5.02 Å². The number of fused-ring (bicyclic) bond motifs is 1. The van der Waals surface area contributed by atoms with Gasteiger partial charge in [-0.1, -0.05) is 23.7 Å². The number of nitrogens with one attached hydrogen (secondary N) is 1. The monoisotopic (exact) mass is 333 g/mol. The van der Waals surface area contributed by atoms with E-state index in [1.165, 1.54) is 16.8 Å². The first-order valence-electron chi connectivity index (χ1n) is 8.33. The number of hydrogen-bond acceptors (Lipinski definition) is 3. The minimum atomic E-state index is 0.136. The van der Waals surface area contributed by atoms with E-state index in [4.69, 9.17) is 16.7 Å². The van der Waals surface area contributed by atoms with Crippen molar-refractivity contribution in [1.29, 1.82) is 0 Å². The van der Waals surface area contributed by atoms with E-state index in [2.05, 4.69) is 23.4 Å². The van der Waals surface area contributed by atoms with E-state index in [0.29, 0.717) is 18.6 Å². The van der Waals surface area contributed by atoms with Crippen LogP contribution in [0.5, 0.6) is 0 Å². The van der Waals surface area contributed by atoms with Crippen molar-refractivity contribution in [1.82, 2.24) is 15.1 Å². The van der Waals surface area contributed by atoms with Crippen LogP contribution in [-0.4, -0.2) is 27.5 Å². The van der Waals surface area contributed by atoms with Gasteiger partial charge in [0, 0.05) is 28.4 Å². The van der Waals surface area contributed by atoms with Crippen LogP contribution in [0.3, 0.4) is 0 Å². The molecule has 2 atom stereocenters. The third-order valence-electron chi connectivity index (χ3n) is 4.49. The molecule has 0 saturated carbocycles. The summed E-state index contributed by atoms with van der Waals surface area (Å²) in [6.07, 6.45) is 6.27. The Morgan fingerprint density at radius 2 is 2.35 bits per heavy atom. The summed E-state index contributed by atoms with van der Waals surface area (Å²) in [5.41, 5.74) is 3.82. The van der Waals surface area contributed by atoms with E-state index < -0.39 is 0 Å². The summed E-state index contributed by atoms with van der Waals surface area (Å²) in [4.78, 5) is 0. The highest BCUT2D eigenvalue weighted by Crippen LogP contribution is 2.30. The van der Waals surface area contributed by atoms with Gasteiger partial charge in [0.25, 0.3) is 0 Å². The number of aromatic nitrogens is 2. The van der Waals surface area contributed by atoms with Crippen LogP contribution in [0, 0.1) is 0 Å². The molecule has 0 spiro atoms. The fourth-order valence-corrected chi connectivity index (χ4v) is 3.71. The molecule has 0 bridgehead atoms. The molecule has 2 N–H and O–H groups in total. The number of hydrogen-bond donors (Lipinski definition) is 2. The number of aliphatic hydroxyl groups is 1. The van der Waals surface area contributed by atoms with Gasteiger partial charge in [-0.05, 0) is 50.3 Å². The molecule has 23 heavy (non-hydrogen) atoms. The van der Waals surface area contributed by atoms with Gasteiger partial charge < -0.3 is 10.4 Å². The summed E-state index contributed by atoms with van der Waals surface area (Å²) in [7, 11) is 0. The van der Waals surface area contributed by atoms with Crippen molar-refractivity contribution < 1.29 is 5.11 Å². The van der Waals surface area contributed by atoms with Crippen LogP contribution in [0.15, 0.2) is 30.5 Å². The summed E-state index contributed by atoms with van der Waals surface area (Å²) in [6, 6.07) is 8.78. The van der Waals surface area contributed by atoms with E-state index in [1.807, 2.05) is 29.1 Å². The Labute approximate surface area is 142 Å². The van der Waals surface area contributed by atoms with Gasteiger partial charge in [-0.25, -0.2) is 0 Å². The fraction of sp³-hybridized carbons (Fsp3) is 0.500. The molecule has 0 fully saturated rings. The van der Waals surface area contributed by atoms with E-state index in [9.17, 15) is 0 Å². The predicted octanol–water partition coefficient (Wildman–Crippen LogP) is 3.13. The number of rotatable bonds is 6. The van der Waals surface area contributed by atoms with Gasteiger partial charge in [-0.3, -0.25) is 4.68 Å². The third kappa shape index (κ3) is 3.94. The van der Waals surface area contributed by atoms with E-state index in [0.717, 1.165) is 30.7 Å². The van der Waals surface area contributed by atoms with Crippen LogP contribution in [0.1, 0.15) is 42.6 Å². The first kappa shape index (κ1) is 16.5. The fourth-order valence-electron chi connectivity index (χ4n) is 3.50. The van der Waals surface area contributed by atoms with Crippen LogP contribution in [0.4, 0.5) is 0 Å². The summed E-state index contributed by atoms with van der Waals surface area (Å²) in [5, 5.41) is 18.1. The predicted molar refractivity (Wildman–Crippen MR) is 92.7 cm³/mol. The Balaban J connectivity index is 1.67. The lowest BCUT2D eigenvalue weighted by atomic mass is 9.92. The number of halogens is 1. The summed E-state index contributed by atoms with van der Waals surface area (Å²) in [5.74, 6) is 0. The second-order valence-electron chi connectivity index (χ2n) is 6.34. The normalized spacial score (nSPS) is 18.7. The summed E-state index contributed by atoms with van der Waals surface area (Å²) < 4.78 is 1.95. The molecule has 0 radical (unpaired) electrons. The highest BCUT2D eigenvalue weighted by molar-refractivity contribution is 6.30. The second-order valence-corrected chi connectivity index (χ2v) is 6.78. The molecule has 1 aromatic heterocycles. The molecule has 3 rings (SSSR count). The molecule has 124 valence electrons. The standard InChI is InChI=1S/C18H24ClN3O/c1-13(10-14-4-2-5-15(19)11-14)21-17-6-3-7-18-16(17)12-20-22(18)8-9-23/h2,4-5,11-13,17,21,23H,3,6-10H2,1H3. The number of aliphatic hydroxyl groups excluding tert-OH is 1. The Morgan fingerprint density at radius 3 is 3.13 bits per heavy atom. The van der Waals surface area contributed by atoms with Crippen molar-refractivity contribution in [2.45, 2.75) is 51.2 Å². The smallest absolute Gasteiger partial charge is 0.0644 e. The zero-order chi connectivity index (χ0) is 16.2. The van der Waals surface area contributed by atoms with Crippen molar-refractivity contribution in [2.75, 3.05) is 6.61 Å². The van der Waals surface area contributed by atoms with Crippen LogP contribution in [-0.2, 0) is 19.4 Å². The topological polar surface area (TPSA) is 50.1 Å². The molecular weight excluding hydrogens is 310 g/mol. The van der Waals surface area contributed by atoms with Gasteiger partial charge in [-0.2, -0.15) is 5.10 Å². The van der Waals surface area contributed by atoms with Gasteiger partial charge in [0.15, 0.2) is 0 Å². The lowest BCUT2D eigenvalue weighted by Gasteiger charge is -2.27. The summed E-state index contributed by atoms with van der Waals surface area (Å²) >= 11 is 6.07. The van der Waals surface area contributed by atoms with Crippen molar-refractivity contribution >= 4 is 11.6 Å². The van der Waals surface area contributed by atoms with Crippen LogP contribution < -0.4 is 5.32 Å². The van der Waals surface area contributed by atoms with E-state index in [-0.39, 0.29) is 6.61 Å². The zero-order valence-corrected chi connectivity index (χ0v) is 14.3. The first-order chi connectivity index (χ1) is 11.2. The molecular formula is C18H24ClN3O. The van der Waals surface area contributed by atoms with Crippen molar-refractivity contribution in [3.63, 3.8) is 0 Å². The molecule has 1 aliphatic carbocycles. The van der Waals surface area contributed by atoms with Gasteiger partial charge in [0.2, 0.25) is 0 Å². The molecule has 4 nitrogen and oxygen atoms in total. The molecule has 0 aliphatic heterocycles. The maximum atomic E-state index is 9.15. The molecule has 0 amide bonds. The maximum absolute atomic E-state index is 9.15. The minimum absolute atomic E-state index is 0.136. The molecule has 5 heteroatoms. The van der Waals surface area contributed by atoms with Crippen molar-refractivity contribution in [3.05, 3.63) is 52.3 Å². The molecule has 1 aliphatic rings. The quantitative estimate of drug-likeness (QED) is 0.854. The first-order valence-corrected chi connectivity index (χ1v) is 8.71. The van der Waals surface area contributed by atoms with Crippen molar-refractivity contribution in [2.24, 2.45) is 0 Å². The molecule has 2 aromatic rings. The van der Waals surface area contributed by atoms with Gasteiger partial charge >= 0.3 is 0 Å². The largest absolute Gasteiger partial charge is 0.394 e. The zero-order valence-electron chi connectivity index (χ0n) is 13.5. The average molecular weight is 334 g/mol. The van der Waals surface area contributed by atoms with E-state index in [1.54, 1.807) is 0 Å². The third-order valence-corrected chi connectivity index (χ3v) is 4.73. The Hall–Kier alpha value is -1.36. The lowest BCUT2D eigenvalue weighted by molar-refractivity contribution is 0.266. The van der Waals surface area contributed by atoms with Crippen molar-refractivity contribution in [3.8, 4) is 0 Å². The SMILES string of the molecule is CC(Cc1cccc(Cl)c1)NC1CCCc2c1cnn2CCO. The Bertz CT molecular complexity index is 655. The highest BCUT2D eigenvalue weighted by Gasteiger charge is 2.25. The molecule has 2 unspecified atom stereocenters. The average Bonchev–Trinajstić information content (AvgIpc) is 2.92. The lowest BCUT2D eigenvalue weighted by Crippen LogP contribution is -2.34. The van der Waals surface area contributed by atoms with Gasteiger partial charge in [0.05, 0.1) is 19.3 Å². The maximum Gasteiger partial charge on any atom is 0.0644 e. The Morgan fingerprint density at radius 1 is 1.48 bits per heavy atom.